The number of benzene rings is 1. The van der Waals surface area contributed by atoms with Crippen molar-refractivity contribution in [3.05, 3.63) is 28.3 Å². The van der Waals surface area contributed by atoms with Crippen LogP contribution < -0.4 is 15.0 Å². The van der Waals surface area contributed by atoms with E-state index in [4.69, 9.17) is 4.74 Å². The maximum absolute atomic E-state index is 10.8. The van der Waals surface area contributed by atoms with Gasteiger partial charge in [-0.2, -0.15) is 0 Å². The summed E-state index contributed by atoms with van der Waals surface area (Å²) in [6, 6.07) is 4.74. The number of β-amino-alcohol motifs (C(OH)–C–C–N with tert-alkyl or cyclic N) is 1. The van der Waals surface area contributed by atoms with Gasteiger partial charge in [-0.25, -0.2) is 0 Å². The summed E-state index contributed by atoms with van der Waals surface area (Å²) in [7, 11) is 1.41. The van der Waals surface area contributed by atoms with Crippen LogP contribution in [-0.2, 0) is 0 Å². The minimum absolute atomic E-state index is 0.0558. The van der Waals surface area contributed by atoms with Crippen molar-refractivity contribution in [2.45, 2.75) is 6.10 Å². The van der Waals surface area contributed by atoms with Crippen LogP contribution in [-0.4, -0.2) is 49.4 Å². The minimum atomic E-state index is -0.471. The summed E-state index contributed by atoms with van der Waals surface area (Å²) in [5.41, 5.74) is 0.755. The first-order valence-corrected chi connectivity index (χ1v) is 6.08. The van der Waals surface area contributed by atoms with Gasteiger partial charge in [-0.3, -0.25) is 10.1 Å². The molecule has 1 saturated heterocycles. The van der Waals surface area contributed by atoms with E-state index in [1.54, 1.807) is 12.1 Å². The van der Waals surface area contributed by atoms with Crippen LogP contribution in [0.25, 0.3) is 0 Å². The van der Waals surface area contributed by atoms with E-state index >= 15 is 0 Å². The lowest BCUT2D eigenvalue weighted by Gasteiger charge is -2.24. The van der Waals surface area contributed by atoms with E-state index in [0.717, 1.165) is 18.8 Å². The first-order valence-electron chi connectivity index (χ1n) is 6.08. The Hall–Kier alpha value is -1.86. The Labute approximate surface area is 110 Å². The van der Waals surface area contributed by atoms with Crippen molar-refractivity contribution in [1.82, 2.24) is 5.32 Å². The Morgan fingerprint density at radius 2 is 2.37 bits per heavy atom. The normalized spacial score (nSPS) is 19.9. The van der Waals surface area contributed by atoms with Crippen molar-refractivity contribution in [3.8, 4) is 5.75 Å². The van der Waals surface area contributed by atoms with Crippen LogP contribution in [0.15, 0.2) is 18.2 Å². The first-order chi connectivity index (χ1) is 9.11. The van der Waals surface area contributed by atoms with E-state index < -0.39 is 11.0 Å². The second-order valence-electron chi connectivity index (χ2n) is 4.42. The summed E-state index contributed by atoms with van der Waals surface area (Å²) < 4.78 is 5.05. The van der Waals surface area contributed by atoms with Gasteiger partial charge >= 0.3 is 5.69 Å². The molecule has 1 aromatic carbocycles. The molecule has 104 valence electrons. The third-order valence-corrected chi connectivity index (χ3v) is 3.09. The Balaban J connectivity index is 2.26. The quantitative estimate of drug-likeness (QED) is 0.608. The summed E-state index contributed by atoms with van der Waals surface area (Å²) in [5.74, 6) is 0.231. The van der Waals surface area contributed by atoms with Crippen LogP contribution in [0.3, 0.4) is 0 Å². The highest BCUT2D eigenvalue weighted by Gasteiger charge is 2.20. The standard InChI is InChI=1S/C12H17N3O4/c1-19-12-6-9(2-3-11(12)15(17)18)14-5-4-13-7-10(16)8-14/h2-3,6,10,13,16H,4-5,7-8H2,1H3/t10-/m1/s1. The zero-order chi connectivity index (χ0) is 13.8. The maximum Gasteiger partial charge on any atom is 0.311 e. The highest BCUT2D eigenvalue weighted by Crippen LogP contribution is 2.31. The number of rotatable bonds is 3. The monoisotopic (exact) mass is 267 g/mol. The van der Waals surface area contributed by atoms with Gasteiger partial charge in [0.15, 0.2) is 5.75 Å². The Morgan fingerprint density at radius 1 is 1.58 bits per heavy atom. The lowest BCUT2D eigenvalue weighted by molar-refractivity contribution is -0.385. The number of hydrogen-bond acceptors (Lipinski definition) is 6. The van der Waals surface area contributed by atoms with Gasteiger partial charge in [0.2, 0.25) is 0 Å². The summed E-state index contributed by atoms with van der Waals surface area (Å²) in [6.07, 6.45) is -0.455. The molecule has 2 N–H and O–H groups in total. The topological polar surface area (TPSA) is 87.9 Å². The fourth-order valence-electron chi connectivity index (χ4n) is 2.14. The molecule has 1 atom stereocenters. The summed E-state index contributed by atoms with van der Waals surface area (Å²) in [6.45, 7) is 2.54. The average Bonchev–Trinajstić information content (AvgIpc) is 2.62. The van der Waals surface area contributed by atoms with E-state index in [1.165, 1.54) is 13.2 Å². The molecule has 1 aliphatic heterocycles. The molecule has 0 unspecified atom stereocenters. The first kappa shape index (κ1) is 13.6. The molecule has 1 aliphatic rings. The van der Waals surface area contributed by atoms with Crippen molar-refractivity contribution in [1.29, 1.82) is 0 Å². The van der Waals surface area contributed by atoms with E-state index in [0.29, 0.717) is 13.1 Å². The summed E-state index contributed by atoms with van der Waals surface area (Å²) >= 11 is 0. The molecule has 0 bridgehead atoms. The molecule has 7 nitrogen and oxygen atoms in total. The average molecular weight is 267 g/mol. The molecule has 0 spiro atoms. The molecule has 1 fully saturated rings. The Kier molecular flexibility index (Phi) is 4.18. The fourth-order valence-corrected chi connectivity index (χ4v) is 2.14. The van der Waals surface area contributed by atoms with Crippen LogP contribution in [0.5, 0.6) is 5.75 Å². The van der Waals surface area contributed by atoms with E-state index in [2.05, 4.69) is 5.32 Å². The molecule has 2 rings (SSSR count). The van der Waals surface area contributed by atoms with Crippen molar-refractivity contribution in [2.24, 2.45) is 0 Å². The van der Waals surface area contributed by atoms with Crippen LogP contribution in [0.4, 0.5) is 11.4 Å². The molecular weight excluding hydrogens is 250 g/mol. The molecule has 1 aromatic rings. The fraction of sp³-hybridized carbons (Fsp3) is 0.500. The number of ether oxygens (including phenoxy) is 1. The van der Waals surface area contributed by atoms with Crippen molar-refractivity contribution < 1.29 is 14.8 Å². The van der Waals surface area contributed by atoms with Crippen LogP contribution in [0.2, 0.25) is 0 Å². The molecule has 0 saturated carbocycles. The van der Waals surface area contributed by atoms with Crippen molar-refractivity contribution in [2.75, 3.05) is 38.2 Å². The number of aliphatic hydroxyl groups is 1. The Bertz CT molecular complexity index is 466. The van der Waals surface area contributed by atoms with Crippen molar-refractivity contribution in [3.63, 3.8) is 0 Å². The molecule has 0 amide bonds. The van der Waals surface area contributed by atoms with Gasteiger partial charge in [0.25, 0.3) is 0 Å². The maximum atomic E-state index is 10.8. The number of nitrogens with zero attached hydrogens (tertiary/aromatic N) is 2. The van der Waals surface area contributed by atoms with Gasteiger partial charge in [-0.05, 0) is 6.07 Å². The molecule has 7 heteroatoms. The van der Waals surface area contributed by atoms with Gasteiger partial charge in [0.05, 0.1) is 18.1 Å². The number of nitro groups is 1. The molecule has 0 aliphatic carbocycles. The number of nitro benzene ring substituents is 1. The van der Waals surface area contributed by atoms with E-state index in [9.17, 15) is 15.2 Å². The highest BCUT2D eigenvalue weighted by molar-refractivity contribution is 5.59. The second-order valence-corrected chi connectivity index (χ2v) is 4.42. The Morgan fingerprint density at radius 3 is 3.05 bits per heavy atom. The third kappa shape index (κ3) is 3.12. The largest absolute Gasteiger partial charge is 0.490 e. The second kappa shape index (κ2) is 5.85. The predicted molar refractivity (Wildman–Crippen MR) is 70.7 cm³/mol. The SMILES string of the molecule is COc1cc(N2CCNC[C@@H](O)C2)ccc1[N+](=O)[O-]. The molecule has 1 heterocycles. The minimum Gasteiger partial charge on any atom is -0.490 e. The zero-order valence-electron chi connectivity index (χ0n) is 10.7. The molecule has 0 aromatic heterocycles. The lowest BCUT2D eigenvalue weighted by Crippen LogP contribution is -2.32. The highest BCUT2D eigenvalue weighted by atomic mass is 16.6. The van der Waals surface area contributed by atoms with Gasteiger partial charge < -0.3 is 20.1 Å². The molecule has 0 radical (unpaired) electrons. The summed E-state index contributed by atoms with van der Waals surface area (Å²) in [4.78, 5) is 12.3. The van der Waals surface area contributed by atoms with Gasteiger partial charge in [0, 0.05) is 44.0 Å². The predicted octanol–water partition coefficient (Wildman–Crippen LogP) is 0.374. The smallest absolute Gasteiger partial charge is 0.311 e. The van der Waals surface area contributed by atoms with Gasteiger partial charge in [-0.15, -0.1) is 0 Å². The van der Waals surface area contributed by atoms with E-state index in [1.807, 2.05) is 4.90 Å². The number of aliphatic hydroxyl groups excluding tert-OH is 1. The van der Waals surface area contributed by atoms with Crippen LogP contribution in [0.1, 0.15) is 0 Å². The van der Waals surface area contributed by atoms with Crippen LogP contribution >= 0.6 is 0 Å². The van der Waals surface area contributed by atoms with Gasteiger partial charge in [0.1, 0.15) is 0 Å². The number of anilines is 1. The third-order valence-electron chi connectivity index (χ3n) is 3.09. The number of methoxy groups -OCH3 is 1. The lowest BCUT2D eigenvalue weighted by atomic mass is 10.2. The summed E-state index contributed by atoms with van der Waals surface area (Å²) in [5, 5.41) is 23.7. The van der Waals surface area contributed by atoms with E-state index in [-0.39, 0.29) is 11.4 Å². The number of hydrogen-bond donors (Lipinski definition) is 2. The van der Waals surface area contributed by atoms with Crippen LogP contribution in [0, 0.1) is 10.1 Å². The zero-order valence-corrected chi connectivity index (χ0v) is 10.7. The molecular formula is C12H17N3O4. The molecule has 19 heavy (non-hydrogen) atoms. The van der Waals surface area contributed by atoms with Gasteiger partial charge in [-0.1, -0.05) is 0 Å². The number of nitrogens with one attached hydrogen (secondary N) is 1. The van der Waals surface area contributed by atoms with Crippen molar-refractivity contribution >= 4 is 11.4 Å².